The number of carbonyl (C=O) groups is 3. The third kappa shape index (κ3) is 64.5. The summed E-state index contributed by atoms with van der Waals surface area (Å²) in [5.41, 5.74) is 0. The monoisotopic (exact) mass is 1100 g/mol. The molecule has 6 nitrogen and oxygen atoms in total. The summed E-state index contributed by atoms with van der Waals surface area (Å²) in [4.78, 5) is 38.3. The third-order valence-electron chi connectivity index (χ3n) is 15.9. The van der Waals surface area contributed by atoms with Gasteiger partial charge < -0.3 is 14.2 Å². The second-order valence-corrected chi connectivity index (χ2v) is 23.8. The largest absolute Gasteiger partial charge is 0.462 e. The number of allylic oxidation sites excluding steroid dienone is 6. The smallest absolute Gasteiger partial charge is 0.306 e. The maximum absolute atomic E-state index is 12.9. The predicted octanol–water partition coefficient (Wildman–Crippen LogP) is 23.9. The molecular formula is C72H134O6. The molecular weight excluding hydrogens is 961 g/mol. The molecule has 1 atom stereocenters. The molecule has 78 heavy (non-hydrogen) atoms. The molecule has 0 spiro atoms. The van der Waals surface area contributed by atoms with Crippen LogP contribution in [0.15, 0.2) is 36.5 Å². The van der Waals surface area contributed by atoms with E-state index in [-0.39, 0.29) is 31.1 Å². The van der Waals surface area contributed by atoms with E-state index in [4.69, 9.17) is 14.2 Å². The minimum absolute atomic E-state index is 0.0691. The molecule has 0 aliphatic rings. The van der Waals surface area contributed by atoms with Crippen LogP contribution in [0.5, 0.6) is 0 Å². The highest BCUT2D eigenvalue weighted by Crippen LogP contribution is 2.18. The van der Waals surface area contributed by atoms with Crippen molar-refractivity contribution in [1.82, 2.24) is 0 Å². The fourth-order valence-corrected chi connectivity index (χ4v) is 10.6. The molecule has 0 fully saturated rings. The molecule has 6 heteroatoms. The zero-order valence-electron chi connectivity index (χ0n) is 52.7. The summed E-state index contributed by atoms with van der Waals surface area (Å²) in [5, 5.41) is 0. The molecule has 0 rings (SSSR count). The lowest BCUT2D eigenvalue weighted by Crippen LogP contribution is -2.30. The number of esters is 3. The van der Waals surface area contributed by atoms with Gasteiger partial charge in [-0.05, 0) is 77.0 Å². The maximum Gasteiger partial charge on any atom is 0.306 e. The maximum atomic E-state index is 12.9. The Hall–Kier alpha value is -2.37. The van der Waals surface area contributed by atoms with Gasteiger partial charge in [0.2, 0.25) is 0 Å². The topological polar surface area (TPSA) is 78.9 Å². The average Bonchev–Trinajstić information content (AvgIpc) is 3.44. The van der Waals surface area contributed by atoms with Crippen molar-refractivity contribution in [2.75, 3.05) is 13.2 Å². The second-order valence-electron chi connectivity index (χ2n) is 23.8. The lowest BCUT2D eigenvalue weighted by Gasteiger charge is -2.18. The molecule has 0 heterocycles. The van der Waals surface area contributed by atoms with E-state index in [1.807, 2.05) is 0 Å². The summed E-state index contributed by atoms with van der Waals surface area (Å²) in [6.07, 6.45) is 83.2. The zero-order valence-corrected chi connectivity index (χ0v) is 52.7. The highest BCUT2D eigenvalue weighted by Gasteiger charge is 2.19. The minimum Gasteiger partial charge on any atom is -0.462 e. The summed E-state index contributed by atoms with van der Waals surface area (Å²) in [6.45, 7) is 6.67. The van der Waals surface area contributed by atoms with Crippen LogP contribution in [-0.4, -0.2) is 37.2 Å². The van der Waals surface area contributed by atoms with Crippen molar-refractivity contribution in [3.05, 3.63) is 36.5 Å². The van der Waals surface area contributed by atoms with E-state index in [2.05, 4.69) is 57.2 Å². The van der Waals surface area contributed by atoms with Crippen LogP contribution in [0, 0.1) is 0 Å². The Bertz CT molecular complexity index is 1300. The first-order valence-electron chi connectivity index (χ1n) is 35.0. The van der Waals surface area contributed by atoms with Crippen LogP contribution in [0.1, 0.15) is 387 Å². The van der Waals surface area contributed by atoms with Gasteiger partial charge in [0.25, 0.3) is 0 Å². The van der Waals surface area contributed by atoms with Gasteiger partial charge in [-0.2, -0.15) is 0 Å². The normalized spacial score (nSPS) is 12.2. The van der Waals surface area contributed by atoms with Crippen LogP contribution in [-0.2, 0) is 28.6 Å². The fourth-order valence-electron chi connectivity index (χ4n) is 10.6. The molecule has 458 valence electrons. The zero-order chi connectivity index (χ0) is 56.4. The van der Waals surface area contributed by atoms with Gasteiger partial charge in [-0.15, -0.1) is 0 Å². The second kappa shape index (κ2) is 67.1. The van der Waals surface area contributed by atoms with Crippen molar-refractivity contribution in [1.29, 1.82) is 0 Å². The summed E-state index contributed by atoms with van der Waals surface area (Å²) in [7, 11) is 0. The summed E-state index contributed by atoms with van der Waals surface area (Å²) in [6, 6.07) is 0. The molecule has 0 aromatic carbocycles. The highest BCUT2D eigenvalue weighted by atomic mass is 16.6. The fraction of sp³-hybridized carbons (Fsp3) is 0.875. The lowest BCUT2D eigenvalue weighted by atomic mass is 10.0. The molecule has 0 radical (unpaired) electrons. The number of hydrogen-bond donors (Lipinski definition) is 0. The van der Waals surface area contributed by atoms with Gasteiger partial charge >= 0.3 is 17.9 Å². The summed E-state index contributed by atoms with van der Waals surface area (Å²) >= 11 is 0. The number of carbonyl (C=O) groups excluding carboxylic acids is 3. The Balaban J connectivity index is 4.16. The van der Waals surface area contributed by atoms with Crippen LogP contribution in [0.25, 0.3) is 0 Å². The molecule has 0 saturated heterocycles. The molecule has 0 aromatic rings. The first-order chi connectivity index (χ1) is 38.5. The SMILES string of the molecule is CCCCC/C=C\CCCCCCCC(=O)OCC(COC(=O)CCCCCCCCCCCCCCCCCCC/C=C\C/C=C\CCCCCCC)OC(=O)CCCCCCCCCCCCCCCCCCCCC. The number of ether oxygens (including phenoxy) is 3. The van der Waals surface area contributed by atoms with Crippen molar-refractivity contribution < 1.29 is 28.6 Å². The van der Waals surface area contributed by atoms with E-state index in [0.29, 0.717) is 19.3 Å². The Morgan fingerprint density at radius 3 is 0.744 bits per heavy atom. The van der Waals surface area contributed by atoms with E-state index >= 15 is 0 Å². The van der Waals surface area contributed by atoms with E-state index in [0.717, 1.165) is 70.6 Å². The Morgan fingerprint density at radius 1 is 0.256 bits per heavy atom. The van der Waals surface area contributed by atoms with E-state index < -0.39 is 6.10 Å². The van der Waals surface area contributed by atoms with Crippen molar-refractivity contribution in [2.45, 2.75) is 393 Å². The molecule has 0 aromatic heterocycles. The summed E-state index contributed by atoms with van der Waals surface area (Å²) in [5.74, 6) is -0.850. The molecule has 0 aliphatic heterocycles. The molecule has 1 unspecified atom stereocenters. The van der Waals surface area contributed by atoms with Crippen LogP contribution < -0.4 is 0 Å². The molecule has 0 saturated carbocycles. The third-order valence-corrected chi connectivity index (χ3v) is 15.9. The van der Waals surface area contributed by atoms with Gasteiger partial charge in [-0.3, -0.25) is 14.4 Å². The van der Waals surface area contributed by atoms with Gasteiger partial charge in [0.1, 0.15) is 13.2 Å². The van der Waals surface area contributed by atoms with Gasteiger partial charge in [0, 0.05) is 19.3 Å². The average molecular weight is 1100 g/mol. The number of unbranched alkanes of at least 4 members (excludes halogenated alkanes) is 48. The van der Waals surface area contributed by atoms with Gasteiger partial charge in [0.15, 0.2) is 6.10 Å². The van der Waals surface area contributed by atoms with Gasteiger partial charge in [-0.25, -0.2) is 0 Å². The molecule has 0 amide bonds. The van der Waals surface area contributed by atoms with E-state index in [1.165, 1.54) is 276 Å². The number of hydrogen-bond acceptors (Lipinski definition) is 6. The van der Waals surface area contributed by atoms with Crippen molar-refractivity contribution in [2.24, 2.45) is 0 Å². The van der Waals surface area contributed by atoms with Crippen LogP contribution >= 0.6 is 0 Å². The van der Waals surface area contributed by atoms with Crippen LogP contribution in [0.4, 0.5) is 0 Å². The van der Waals surface area contributed by atoms with E-state index in [9.17, 15) is 14.4 Å². The quantitative estimate of drug-likeness (QED) is 0.0261. The molecule has 0 aliphatic carbocycles. The first kappa shape index (κ1) is 75.6. The van der Waals surface area contributed by atoms with Crippen LogP contribution in [0.2, 0.25) is 0 Å². The van der Waals surface area contributed by atoms with Crippen molar-refractivity contribution in [3.63, 3.8) is 0 Å². The summed E-state index contributed by atoms with van der Waals surface area (Å²) < 4.78 is 17.0. The number of rotatable bonds is 65. The Morgan fingerprint density at radius 2 is 0.462 bits per heavy atom. The predicted molar refractivity (Wildman–Crippen MR) is 339 cm³/mol. The van der Waals surface area contributed by atoms with E-state index in [1.54, 1.807) is 0 Å². The Kier molecular flexibility index (Phi) is 65.1. The standard InChI is InChI=1S/C72H134O6/c1-4-7-10-13-16-19-22-25-27-29-31-32-33-34-35-36-37-38-39-40-42-43-45-47-50-53-56-59-62-65-71(74)77-68-69(67-76-70(73)64-61-58-55-52-49-24-21-18-15-12-9-6-3)78-72(75)66-63-60-57-54-51-48-46-44-41-30-28-26-23-20-17-14-11-8-5-2/h18,21-22,25,29,31,69H,4-17,19-20,23-24,26-28,30,32-68H2,1-3H3/b21-18-,25-22-,31-29-. The highest BCUT2D eigenvalue weighted by molar-refractivity contribution is 5.71. The van der Waals surface area contributed by atoms with Crippen LogP contribution in [0.3, 0.4) is 0 Å². The first-order valence-corrected chi connectivity index (χ1v) is 35.0. The molecule has 0 bridgehead atoms. The lowest BCUT2D eigenvalue weighted by molar-refractivity contribution is -0.167. The van der Waals surface area contributed by atoms with Crippen molar-refractivity contribution >= 4 is 17.9 Å². The molecule has 0 N–H and O–H groups in total. The Labute approximate surface area is 486 Å². The van der Waals surface area contributed by atoms with Gasteiger partial charge in [0.05, 0.1) is 0 Å². The van der Waals surface area contributed by atoms with Crippen molar-refractivity contribution in [3.8, 4) is 0 Å². The minimum atomic E-state index is -0.772. The van der Waals surface area contributed by atoms with Gasteiger partial charge in [-0.1, -0.05) is 327 Å².